The molecule has 0 aliphatic rings. The molecule has 0 bridgehead atoms. The molecular formula is C16H16N4O3. The van der Waals surface area contributed by atoms with E-state index in [9.17, 15) is 4.79 Å². The van der Waals surface area contributed by atoms with Crippen LogP contribution in [0, 0.1) is 6.92 Å². The number of hydrogen-bond donors (Lipinski definition) is 1. The molecule has 0 saturated heterocycles. The number of carbonyl (C=O) groups excluding carboxylic acids is 1. The first-order valence-corrected chi connectivity index (χ1v) is 7.25. The van der Waals surface area contributed by atoms with Gasteiger partial charge in [-0.15, -0.1) is 10.2 Å². The number of nitrogens with zero attached hydrogens (tertiary/aromatic N) is 3. The Labute approximate surface area is 132 Å². The third kappa shape index (κ3) is 3.82. The van der Waals surface area contributed by atoms with Gasteiger partial charge in [0.05, 0.1) is 11.8 Å². The van der Waals surface area contributed by atoms with Crippen molar-refractivity contribution < 1.29 is 13.6 Å². The second kappa shape index (κ2) is 6.87. The molecule has 3 heterocycles. The van der Waals surface area contributed by atoms with E-state index in [1.165, 1.54) is 0 Å². The molecule has 23 heavy (non-hydrogen) atoms. The van der Waals surface area contributed by atoms with Crippen LogP contribution >= 0.6 is 0 Å². The predicted octanol–water partition coefficient (Wildman–Crippen LogP) is 2.28. The van der Waals surface area contributed by atoms with E-state index in [0.717, 1.165) is 16.9 Å². The average Bonchev–Trinajstić information content (AvgIpc) is 3.20. The minimum absolute atomic E-state index is 0.0685. The molecule has 1 amide bonds. The van der Waals surface area contributed by atoms with Crippen LogP contribution < -0.4 is 5.32 Å². The van der Waals surface area contributed by atoms with Crippen molar-refractivity contribution in [3.63, 3.8) is 0 Å². The van der Waals surface area contributed by atoms with Crippen LogP contribution in [0.2, 0.25) is 0 Å². The van der Waals surface area contributed by atoms with Gasteiger partial charge in [-0.25, -0.2) is 0 Å². The fourth-order valence-electron chi connectivity index (χ4n) is 2.08. The van der Waals surface area contributed by atoms with Gasteiger partial charge in [-0.05, 0) is 30.7 Å². The van der Waals surface area contributed by atoms with Gasteiger partial charge in [0.2, 0.25) is 11.8 Å². The summed E-state index contributed by atoms with van der Waals surface area (Å²) >= 11 is 0. The normalized spacial score (nSPS) is 10.7. The first-order chi connectivity index (χ1) is 11.2. The number of pyridine rings is 1. The molecule has 118 valence electrons. The summed E-state index contributed by atoms with van der Waals surface area (Å²) in [6.45, 7) is 2.30. The number of amides is 1. The highest BCUT2D eigenvalue weighted by Gasteiger charge is 2.13. The first kappa shape index (κ1) is 15.0. The number of aryl methyl sites for hydroxylation is 2. The molecule has 0 spiro atoms. The molecule has 0 radical (unpaired) electrons. The summed E-state index contributed by atoms with van der Waals surface area (Å²) < 4.78 is 10.8. The zero-order valence-corrected chi connectivity index (χ0v) is 12.7. The van der Waals surface area contributed by atoms with E-state index < -0.39 is 0 Å². The van der Waals surface area contributed by atoms with Gasteiger partial charge in [-0.3, -0.25) is 9.78 Å². The summed E-state index contributed by atoms with van der Waals surface area (Å²) in [5.41, 5.74) is 1.77. The number of aromatic nitrogens is 3. The topological polar surface area (TPSA) is 94.0 Å². The van der Waals surface area contributed by atoms with Crippen LogP contribution in [0.15, 0.2) is 45.7 Å². The van der Waals surface area contributed by atoms with Crippen LogP contribution in [0.1, 0.15) is 23.6 Å². The van der Waals surface area contributed by atoms with E-state index in [1.807, 2.05) is 19.1 Å². The average molecular weight is 312 g/mol. The summed E-state index contributed by atoms with van der Waals surface area (Å²) in [6, 6.07) is 5.49. The Balaban J connectivity index is 1.50. The van der Waals surface area contributed by atoms with E-state index in [1.54, 1.807) is 24.7 Å². The highest BCUT2D eigenvalue weighted by Crippen LogP contribution is 2.22. The molecule has 0 unspecified atom stereocenters. The first-order valence-electron chi connectivity index (χ1n) is 7.25. The third-order valence-corrected chi connectivity index (χ3v) is 3.36. The Morgan fingerprint density at radius 1 is 1.22 bits per heavy atom. The van der Waals surface area contributed by atoms with Crippen molar-refractivity contribution in [1.29, 1.82) is 0 Å². The maximum Gasteiger partial charge on any atom is 0.251 e. The lowest BCUT2D eigenvalue weighted by molar-refractivity contribution is -0.121. The molecule has 0 saturated carbocycles. The zero-order valence-electron chi connectivity index (χ0n) is 12.7. The molecule has 3 rings (SSSR count). The molecule has 3 aromatic heterocycles. The fraction of sp³-hybridized carbons (Fsp3) is 0.250. The van der Waals surface area contributed by atoms with E-state index in [0.29, 0.717) is 24.7 Å². The van der Waals surface area contributed by atoms with E-state index >= 15 is 0 Å². The van der Waals surface area contributed by atoms with Gasteiger partial charge in [-0.1, -0.05) is 0 Å². The minimum atomic E-state index is -0.0685. The molecule has 1 N–H and O–H groups in total. The van der Waals surface area contributed by atoms with E-state index in [4.69, 9.17) is 8.83 Å². The summed E-state index contributed by atoms with van der Waals surface area (Å²) in [6.07, 6.45) is 5.64. The van der Waals surface area contributed by atoms with Crippen molar-refractivity contribution in [3.8, 4) is 11.5 Å². The van der Waals surface area contributed by atoms with Crippen molar-refractivity contribution in [3.05, 3.63) is 54.1 Å². The van der Waals surface area contributed by atoms with Crippen molar-refractivity contribution in [1.82, 2.24) is 20.5 Å². The SMILES string of the molecule is Cc1occc1-c1nnc(CCC(=O)NCc2ccncc2)o1. The Morgan fingerprint density at radius 2 is 2.04 bits per heavy atom. The maximum atomic E-state index is 11.8. The maximum absolute atomic E-state index is 11.8. The van der Waals surface area contributed by atoms with Crippen LogP contribution in [0.5, 0.6) is 0 Å². The van der Waals surface area contributed by atoms with Crippen molar-refractivity contribution in [2.75, 3.05) is 0 Å². The smallest absolute Gasteiger partial charge is 0.251 e. The summed E-state index contributed by atoms with van der Waals surface area (Å²) in [4.78, 5) is 15.8. The number of rotatable bonds is 6. The monoisotopic (exact) mass is 312 g/mol. The quantitative estimate of drug-likeness (QED) is 0.750. The number of nitrogens with one attached hydrogen (secondary N) is 1. The number of hydrogen-bond acceptors (Lipinski definition) is 6. The molecule has 3 aromatic rings. The minimum Gasteiger partial charge on any atom is -0.469 e. The zero-order chi connectivity index (χ0) is 16.1. The molecule has 0 aromatic carbocycles. The standard InChI is InChI=1S/C16H16N4O3/c1-11-13(6-9-22-11)16-20-19-15(23-16)3-2-14(21)18-10-12-4-7-17-8-5-12/h4-9H,2-3,10H2,1H3,(H,18,21). The largest absolute Gasteiger partial charge is 0.469 e. The highest BCUT2D eigenvalue weighted by atomic mass is 16.4. The van der Waals surface area contributed by atoms with Crippen molar-refractivity contribution >= 4 is 5.91 Å². The number of furan rings is 1. The molecule has 0 atom stereocenters. The second-order valence-corrected chi connectivity index (χ2v) is 5.02. The van der Waals surface area contributed by atoms with Gasteiger partial charge in [-0.2, -0.15) is 0 Å². The lowest BCUT2D eigenvalue weighted by Gasteiger charge is -2.03. The third-order valence-electron chi connectivity index (χ3n) is 3.36. The predicted molar refractivity (Wildman–Crippen MR) is 81.1 cm³/mol. The van der Waals surface area contributed by atoms with Gasteiger partial charge in [0.25, 0.3) is 5.89 Å². The number of carbonyl (C=O) groups is 1. The van der Waals surface area contributed by atoms with Crippen molar-refractivity contribution in [2.24, 2.45) is 0 Å². The lowest BCUT2D eigenvalue weighted by atomic mass is 10.2. The van der Waals surface area contributed by atoms with Crippen LogP contribution in [-0.4, -0.2) is 21.1 Å². The van der Waals surface area contributed by atoms with Gasteiger partial charge in [0, 0.05) is 31.8 Å². The van der Waals surface area contributed by atoms with Crippen LogP contribution in [0.4, 0.5) is 0 Å². The fourth-order valence-corrected chi connectivity index (χ4v) is 2.08. The summed E-state index contributed by atoms with van der Waals surface area (Å²) in [5.74, 6) is 1.49. The molecule has 7 nitrogen and oxygen atoms in total. The second-order valence-electron chi connectivity index (χ2n) is 5.02. The van der Waals surface area contributed by atoms with Gasteiger partial charge in [0.15, 0.2) is 0 Å². The van der Waals surface area contributed by atoms with Gasteiger partial charge < -0.3 is 14.2 Å². The van der Waals surface area contributed by atoms with Crippen LogP contribution in [0.3, 0.4) is 0 Å². The summed E-state index contributed by atoms with van der Waals surface area (Å²) in [7, 11) is 0. The van der Waals surface area contributed by atoms with E-state index in [2.05, 4.69) is 20.5 Å². The van der Waals surface area contributed by atoms with Gasteiger partial charge in [0.1, 0.15) is 5.76 Å². The van der Waals surface area contributed by atoms with E-state index in [-0.39, 0.29) is 12.3 Å². The molecule has 0 fully saturated rings. The molecular weight excluding hydrogens is 296 g/mol. The van der Waals surface area contributed by atoms with Crippen molar-refractivity contribution in [2.45, 2.75) is 26.3 Å². The van der Waals surface area contributed by atoms with Crippen LogP contribution in [-0.2, 0) is 17.8 Å². The Morgan fingerprint density at radius 3 is 2.78 bits per heavy atom. The summed E-state index contributed by atoms with van der Waals surface area (Å²) in [5, 5.41) is 10.8. The molecule has 7 heteroatoms. The Bertz CT molecular complexity index is 779. The Hall–Kier alpha value is -2.96. The lowest BCUT2D eigenvalue weighted by Crippen LogP contribution is -2.23. The highest BCUT2D eigenvalue weighted by molar-refractivity contribution is 5.76. The van der Waals surface area contributed by atoms with Gasteiger partial charge >= 0.3 is 0 Å². The molecule has 0 aliphatic heterocycles. The van der Waals surface area contributed by atoms with Crippen LogP contribution in [0.25, 0.3) is 11.5 Å². The Kier molecular flexibility index (Phi) is 4.46. The molecule has 0 aliphatic carbocycles.